The molecule has 3 N–H and O–H groups in total. The van der Waals surface area contributed by atoms with Gasteiger partial charge in [-0.05, 0) is 25.5 Å². The van der Waals surface area contributed by atoms with Crippen molar-refractivity contribution in [3.05, 3.63) is 36.8 Å². The number of hydrogen-bond donors (Lipinski definition) is 2. The molecule has 94 valence electrons. The van der Waals surface area contributed by atoms with E-state index < -0.39 is 0 Å². The molecule has 0 saturated heterocycles. The van der Waals surface area contributed by atoms with Gasteiger partial charge in [0.15, 0.2) is 0 Å². The van der Waals surface area contributed by atoms with E-state index in [0.717, 1.165) is 24.2 Å². The highest BCUT2D eigenvalue weighted by molar-refractivity contribution is 5.56. The molecule has 5 nitrogen and oxygen atoms in total. The third-order valence-electron chi connectivity index (χ3n) is 2.50. The van der Waals surface area contributed by atoms with E-state index in [1.165, 1.54) is 0 Å². The van der Waals surface area contributed by atoms with Crippen molar-refractivity contribution in [3.8, 4) is 11.3 Å². The van der Waals surface area contributed by atoms with Crippen LogP contribution in [0.25, 0.3) is 11.3 Å². The summed E-state index contributed by atoms with van der Waals surface area (Å²) in [7, 11) is 0. The van der Waals surface area contributed by atoms with Crippen LogP contribution in [0.1, 0.15) is 13.3 Å². The third kappa shape index (κ3) is 3.49. The van der Waals surface area contributed by atoms with Crippen LogP contribution in [0.15, 0.2) is 36.8 Å². The lowest BCUT2D eigenvalue weighted by Gasteiger charge is -2.07. The smallest absolute Gasteiger partial charge is 0.222 e. The number of nitrogens with one attached hydrogen (secondary N) is 1. The first kappa shape index (κ1) is 12.4. The van der Waals surface area contributed by atoms with Gasteiger partial charge in [-0.25, -0.2) is 9.97 Å². The fourth-order valence-corrected chi connectivity index (χ4v) is 1.50. The Bertz CT molecular complexity index is 467. The molecule has 0 spiro atoms. The molecule has 0 saturated carbocycles. The van der Waals surface area contributed by atoms with Crippen molar-refractivity contribution in [1.82, 2.24) is 15.0 Å². The maximum Gasteiger partial charge on any atom is 0.222 e. The summed E-state index contributed by atoms with van der Waals surface area (Å²) in [5, 5.41) is 3.13. The Morgan fingerprint density at radius 3 is 2.61 bits per heavy atom. The van der Waals surface area contributed by atoms with Crippen molar-refractivity contribution in [1.29, 1.82) is 0 Å². The van der Waals surface area contributed by atoms with Crippen molar-refractivity contribution in [3.63, 3.8) is 0 Å². The molecule has 0 bridgehead atoms. The summed E-state index contributed by atoms with van der Waals surface area (Å²) in [6, 6.07) is 5.94. The zero-order chi connectivity index (χ0) is 12.8. The van der Waals surface area contributed by atoms with Crippen LogP contribution in [0.2, 0.25) is 0 Å². The van der Waals surface area contributed by atoms with Gasteiger partial charge in [0.25, 0.3) is 0 Å². The Hall–Kier alpha value is -2.01. The predicted molar refractivity (Wildman–Crippen MR) is 72.0 cm³/mol. The van der Waals surface area contributed by atoms with E-state index in [-0.39, 0.29) is 6.04 Å². The monoisotopic (exact) mass is 243 g/mol. The van der Waals surface area contributed by atoms with E-state index in [1.54, 1.807) is 18.6 Å². The molecule has 0 radical (unpaired) electrons. The summed E-state index contributed by atoms with van der Waals surface area (Å²) in [5.41, 5.74) is 7.45. The van der Waals surface area contributed by atoms with Crippen LogP contribution in [0.4, 0.5) is 5.95 Å². The third-order valence-corrected chi connectivity index (χ3v) is 2.50. The van der Waals surface area contributed by atoms with E-state index in [1.807, 2.05) is 25.1 Å². The van der Waals surface area contributed by atoms with Gasteiger partial charge in [-0.2, -0.15) is 0 Å². The fourth-order valence-electron chi connectivity index (χ4n) is 1.50. The van der Waals surface area contributed by atoms with Crippen molar-refractivity contribution in [2.75, 3.05) is 11.9 Å². The summed E-state index contributed by atoms with van der Waals surface area (Å²) in [6.07, 6.45) is 6.18. The molecular formula is C13H17N5. The van der Waals surface area contributed by atoms with Gasteiger partial charge < -0.3 is 11.1 Å². The van der Waals surface area contributed by atoms with Gasteiger partial charge in [0.1, 0.15) is 0 Å². The van der Waals surface area contributed by atoms with Crippen LogP contribution in [0, 0.1) is 0 Å². The van der Waals surface area contributed by atoms with E-state index in [4.69, 9.17) is 5.73 Å². The Morgan fingerprint density at radius 2 is 2.00 bits per heavy atom. The van der Waals surface area contributed by atoms with Crippen LogP contribution < -0.4 is 11.1 Å². The van der Waals surface area contributed by atoms with Crippen molar-refractivity contribution < 1.29 is 0 Å². The topological polar surface area (TPSA) is 76.7 Å². The van der Waals surface area contributed by atoms with E-state index in [9.17, 15) is 0 Å². The first-order valence-corrected chi connectivity index (χ1v) is 5.98. The van der Waals surface area contributed by atoms with Crippen LogP contribution in [-0.4, -0.2) is 27.5 Å². The second-order valence-corrected chi connectivity index (χ2v) is 4.20. The number of nitrogens with zero attached hydrogens (tertiary/aromatic N) is 3. The minimum absolute atomic E-state index is 0.185. The number of anilines is 1. The van der Waals surface area contributed by atoms with Gasteiger partial charge in [-0.15, -0.1) is 0 Å². The van der Waals surface area contributed by atoms with E-state index in [0.29, 0.717) is 5.95 Å². The van der Waals surface area contributed by atoms with Crippen LogP contribution >= 0.6 is 0 Å². The summed E-state index contributed by atoms with van der Waals surface area (Å²) in [4.78, 5) is 12.7. The quantitative estimate of drug-likeness (QED) is 0.835. The molecule has 0 aliphatic heterocycles. The summed E-state index contributed by atoms with van der Waals surface area (Å²) in [6.45, 7) is 2.76. The molecule has 18 heavy (non-hydrogen) atoms. The van der Waals surface area contributed by atoms with Gasteiger partial charge in [0.2, 0.25) is 5.95 Å². The number of aromatic nitrogens is 3. The molecule has 1 atom stereocenters. The number of pyridine rings is 1. The average molecular weight is 243 g/mol. The Kier molecular flexibility index (Phi) is 4.20. The zero-order valence-corrected chi connectivity index (χ0v) is 10.4. The van der Waals surface area contributed by atoms with Gasteiger partial charge in [0.05, 0.1) is 5.69 Å². The molecule has 2 heterocycles. The maximum atomic E-state index is 5.67. The SMILES string of the molecule is CC(N)CCNc1ncc(-c2ccccn2)cn1. The molecule has 0 amide bonds. The van der Waals surface area contributed by atoms with Gasteiger partial charge in [0, 0.05) is 36.7 Å². The Labute approximate surface area is 106 Å². The zero-order valence-electron chi connectivity index (χ0n) is 10.4. The first-order chi connectivity index (χ1) is 8.75. The van der Waals surface area contributed by atoms with Gasteiger partial charge >= 0.3 is 0 Å². The standard InChI is InChI=1S/C13H17N5/c1-10(14)5-7-16-13-17-8-11(9-18-13)12-4-2-3-6-15-12/h2-4,6,8-10H,5,7,14H2,1H3,(H,16,17,18). The first-order valence-electron chi connectivity index (χ1n) is 5.98. The molecule has 0 aliphatic rings. The summed E-state index contributed by atoms with van der Waals surface area (Å²) in [5.74, 6) is 0.621. The minimum Gasteiger partial charge on any atom is -0.354 e. The number of nitrogens with two attached hydrogens (primary N) is 1. The average Bonchev–Trinajstić information content (AvgIpc) is 2.40. The minimum atomic E-state index is 0.185. The molecule has 5 heteroatoms. The van der Waals surface area contributed by atoms with Crippen LogP contribution in [0.5, 0.6) is 0 Å². The maximum absolute atomic E-state index is 5.67. The van der Waals surface area contributed by atoms with Crippen molar-refractivity contribution in [2.45, 2.75) is 19.4 Å². The van der Waals surface area contributed by atoms with Crippen LogP contribution in [0.3, 0.4) is 0 Å². The van der Waals surface area contributed by atoms with Crippen molar-refractivity contribution in [2.24, 2.45) is 5.73 Å². The fraction of sp³-hybridized carbons (Fsp3) is 0.308. The molecule has 2 aromatic rings. The molecule has 1 unspecified atom stereocenters. The highest BCUT2D eigenvalue weighted by Crippen LogP contribution is 2.14. The van der Waals surface area contributed by atoms with Gasteiger partial charge in [-0.3, -0.25) is 4.98 Å². The summed E-state index contributed by atoms with van der Waals surface area (Å²) >= 11 is 0. The largest absolute Gasteiger partial charge is 0.354 e. The molecule has 0 aromatic carbocycles. The van der Waals surface area contributed by atoms with Gasteiger partial charge in [-0.1, -0.05) is 6.07 Å². The molecule has 0 aliphatic carbocycles. The second-order valence-electron chi connectivity index (χ2n) is 4.20. The lowest BCUT2D eigenvalue weighted by molar-refractivity contribution is 0.688. The highest BCUT2D eigenvalue weighted by Gasteiger charge is 2.01. The molecule has 2 aromatic heterocycles. The normalized spacial score (nSPS) is 12.1. The van der Waals surface area contributed by atoms with Crippen LogP contribution in [-0.2, 0) is 0 Å². The van der Waals surface area contributed by atoms with E-state index in [2.05, 4.69) is 20.3 Å². The van der Waals surface area contributed by atoms with E-state index >= 15 is 0 Å². The molecule has 2 rings (SSSR count). The van der Waals surface area contributed by atoms with Crippen molar-refractivity contribution >= 4 is 5.95 Å². The second kappa shape index (κ2) is 6.07. The Balaban J connectivity index is 1.98. The molecule has 0 fully saturated rings. The lowest BCUT2D eigenvalue weighted by atomic mass is 10.2. The predicted octanol–water partition coefficient (Wildman–Crippen LogP) is 1.69. The Morgan fingerprint density at radius 1 is 1.22 bits per heavy atom. The number of rotatable bonds is 5. The lowest BCUT2D eigenvalue weighted by Crippen LogP contribution is -2.19. The number of hydrogen-bond acceptors (Lipinski definition) is 5. The molecular weight excluding hydrogens is 226 g/mol. The summed E-state index contributed by atoms with van der Waals surface area (Å²) < 4.78 is 0. The highest BCUT2D eigenvalue weighted by atomic mass is 15.1.